The summed E-state index contributed by atoms with van der Waals surface area (Å²) in [6.45, 7) is 4.87. The first-order chi connectivity index (χ1) is 12.0. The van der Waals surface area contributed by atoms with E-state index in [9.17, 15) is 4.79 Å². The van der Waals surface area contributed by atoms with Gasteiger partial charge in [0.2, 0.25) is 0 Å². The van der Waals surface area contributed by atoms with E-state index in [2.05, 4.69) is 19.9 Å². The van der Waals surface area contributed by atoms with Gasteiger partial charge in [-0.1, -0.05) is 18.2 Å². The molecule has 2 aliphatic heterocycles. The Bertz CT molecular complexity index is 924. The van der Waals surface area contributed by atoms with Gasteiger partial charge in [0.25, 0.3) is 0 Å². The van der Waals surface area contributed by atoms with Crippen LogP contribution in [-0.4, -0.2) is 31.2 Å². The van der Waals surface area contributed by atoms with E-state index in [4.69, 9.17) is 14.2 Å². The highest BCUT2D eigenvalue weighted by molar-refractivity contribution is 6.14. The number of ether oxygens (including phenoxy) is 3. The van der Waals surface area contributed by atoms with Crippen LogP contribution in [0.2, 0.25) is 0 Å². The number of ketones is 1. The van der Waals surface area contributed by atoms with Gasteiger partial charge in [-0.05, 0) is 37.0 Å². The van der Waals surface area contributed by atoms with Gasteiger partial charge in [-0.2, -0.15) is 0 Å². The normalized spacial score (nSPS) is 25.7. The number of carbonyl (C=O) groups excluding carboxylic acids is 1. The molecule has 128 valence electrons. The average Bonchev–Trinajstić information content (AvgIpc) is 3.20. The largest absolute Gasteiger partial charge is 0.496 e. The smallest absolute Gasteiger partial charge is 0.197 e. The summed E-state index contributed by atoms with van der Waals surface area (Å²) in [6.07, 6.45) is 1.54. The number of methoxy groups -OCH3 is 1. The summed E-state index contributed by atoms with van der Waals surface area (Å²) < 4.78 is 17.3. The zero-order valence-electron chi connectivity index (χ0n) is 14.6. The fourth-order valence-electron chi connectivity index (χ4n) is 4.14. The standard InChI is InChI=1S/C21H20O4/c1-11-5-4-6-12-13(11)7-15-14-8-18(21(2)10-24-21)25-16(14)9-17(23-3)19(15)20(12)22/h4-6,9,18H,7-8,10H2,1-3H3/t18-,21+/m1/s1. The van der Waals surface area contributed by atoms with Crippen molar-refractivity contribution in [3.8, 4) is 11.5 Å². The zero-order valence-corrected chi connectivity index (χ0v) is 14.6. The van der Waals surface area contributed by atoms with E-state index in [1.165, 1.54) is 0 Å². The van der Waals surface area contributed by atoms with Gasteiger partial charge >= 0.3 is 0 Å². The van der Waals surface area contributed by atoms with E-state index in [1.807, 2.05) is 18.2 Å². The van der Waals surface area contributed by atoms with Crippen LogP contribution in [0.5, 0.6) is 11.5 Å². The van der Waals surface area contributed by atoms with Crippen LogP contribution in [0, 0.1) is 6.92 Å². The molecule has 2 aromatic rings. The highest BCUT2D eigenvalue weighted by Crippen LogP contribution is 2.47. The van der Waals surface area contributed by atoms with E-state index in [0.717, 1.165) is 53.0 Å². The van der Waals surface area contributed by atoms with Gasteiger partial charge < -0.3 is 14.2 Å². The van der Waals surface area contributed by atoms with Crippen LogP contribution in [-0.2, 0) is 17.6 Å². The van der Waals surface area contributed by atoms with E-state index >= 15 is 0 Å². The van der Waals surface area contributed by atoms with Gasteiger partial charge in [0.05, 0.1) is 19.3 Å². The van der Waals surface area contributed by atoms with Crippen LogP contribution in [0.25, 0.3) is 0 Å². The SMILES string of the molecule is COc1cc2c(c3c1C(=O)c1cccc(C)c1C3)C[C@H]([C@]1(C)CO1)O2. The maximum absolute atomic E-state index is 13.2. The highest BCUT2D eigenvalue weighted by atomic mass is 16.6. The monoisotopic (exact) mass is 336 g/mol. The first-order valence-electron chi connectivity index (χ1n) is 8.68. The Hall–Kier alpha value is -2.33. The summed E-state index contributed by atoms with van der Waals surface area (Å²) in [7, 11) is 1.61. The van der Waals surface area contributed by atoms with E-state index in [0.29, 0.717) is 11.3 Å². The molecule has 25 heavy (non-hydrogen) atoms. The molecule has 0 unspecified atom stereocenters. The molecule has 2 aromatic carbocycles. The van der Waals surface area contributed by atoms with Crippen molar-refractivity contribution in [2.24, 2.45) is 0 Å². The summed E-state index contributed by atoms with van der Waals surface area (Å²) in [5.74, 6) is 1.49. The van der Waals surface area contributed by atoms with Crippen LogP contribution >= 0.6 is 0 Å². The van der Waals surface area contributed by atoms with E-state index < -0.39 is 0 Å². The van der Waals surface area contributed by atoms with Gasteiger partial charge in [0.15, 0.2) is 5.78 Å². The Morgan fingerprint density at radius 3 is 2.76 bits per heavy atom. The molecule has 1 aliphatic carbocycles. The molecule has 2 atom stereocenters. The molecular formula is C21H20O4. The van der Waals surface area contributed by atoms with Crippen molar-refractivity contribution in [2.75, 3.05) is 13.7 Å². The maximum Gasteiger partial charge on any atom is 0.197 e. The molecule has 0 spiro atoms. The molecule has 0 aromatic heterocycles. The maximum atomic E-state index is 13.2. The first-order valence-corrected chi connectivity index (χ1v) is 8.68. The summed E-state index contributed by atoms with van der Waals surface area (Å²) >= 11 is 0. The van der Waals surface area contributed by atoms with Gasteiger partial charge in [0.1, 0.15) is 23.2 Å². The Kier molecular flexibility index (Phi) is 2.91. The fourth-order valence-corrected chi connectivity index (χ4v) is 4.14. The molecule has 3 aliphatic rings. The molecular weight excluding hydrogens is 316 g/mol. The Morgan fingerprint density at radius 1 is 1.24 bits per heavy atom. The number of aryl methyl sites for hydroxylation is 1. The number of hydrogen-bond acceptors (Lipinski definition) is 4. The molecule has 1 fully saturated rings. The van der Waals surface area contributed by atoms with Crippen molar-refractivity contribution in [1.29, 1.82) is 0 Å². The van der Waals surface area contributed by atoms with Crippen molar-refractivity contribution >= 4 is 5.78 Å². The molecule has 0 saturated carbocycles. The lowest BCUT2D eigenvalue weighted by Gasteiger charge is -2.24. The quantitative estimate of drug-likeness (QED) is 0.674. The molecule has 0 amide bonds. The van der Waals surface area contributed by atoms with Gasteiger partial charge in [-0.25, -0.2) is 0 Å². The topological polar surface area (TPSA) is 48.1 Å². The van der Waals surface area contributed by atoms with Crippen molar-refractivity contribution < 1.29 is 19.0 Å². The second-order valence-corrected chi connectivity index (χ2v) is 7.43. The van der Waals surface area contributed by atoms with Crippen molar-refractivity contribution in [3.05, 3.63) is 57.6 Å². The Morgan fingerprint density at radius 2 is 2.04 bits per heavy atom. The second kappa shape index (κ2) is 4.85. The van der Waals surface area contributed by atoms with Crippen LogP contribution in [0.4, 0.5) is 0 Å². The number of fused-ring (bicyclic) bond motifs is 4. The molecule has 2 heterocycles. The number of rotatable bonds is 2. The Labute approximate surface area is 146 Å². The molecule has 4 heteroatoms. The highest BCUT2D eigenvalue weighted by Gasteiger charge is 2.52. The minimum atomic E-state index is -0.203. The lowest BCUT2D eigenvalue weighted by atomic mass is 9.79. The number of hydrogen-bond donors (Lipinski definition) is 0. The Balaban J connectivity index is 1.69. The molecule has 0 radical (unpaired) electrons. The van der Waals surface area contributed by atoms with Gasteiger partial charge in [-0.3, -0.25) is 4.79 Å². The van der Waals surface area contributed by atoms with E-state index in [1.54, 1.807) is 7.11 Å². The minimum absolute atomic E-state index is 0.00655. The minimum Gasteiger partial charge on any atom is -0.496 e. The predicted molar refractivity (Wildman–Crippen MR) is 92.9 cm³/mol. The number of carbonyl (C=O) groups is 1. The zero-order chi connectivity index (χ0) is 17.3. The average molecular weight is 336 g/mol. The third-order valence-electron chi connectivity index (χ3n) is 5.87. The lowest BCUT2D eigenvalue weighted by Crippen LogP contribution is -2.30. The van der Waals surface area contributed by atoms with Crippen molar-refractivity contribution in [2.45, 2.75) is 38.4 Å². The molecule has 4 nitrogen and oxygen atoms in total. The van der Waals surface area contributed by atoms with Crippen molar-refractivity contribution in [3.63, 3.8) is 0 Å². The van der Waals surface area contributed by atoms with E-state index in [-0.39, 0.29) is 17.5 Å². The fraction of sp³-hybridized carbons (Fsp3) is 0.381. The lowest BCUT2D eigenvalue weighted by molar-refractivity contribution is 0.103. The predicted octanol–water partition coefficient (Wildman–Crippen LogP) is 3.23. The van der Waals surface area contributed by atoms with Crippen LogP contribution in [0.1, 0.15) is 45.1 Å². The third-order valence-corrected chi connectivity index (χ3v) is 5.87. The van der Waals surface area contributed by atoms with Gasteiger partial charge in [0, 0.05) is 23.6 Å². The summed E-state index contributed by atoms with van der Waals surface area (Å²) in [5, 5.41) is 0. The summed E-state index contributed by atoms with van der Waals surface area (Å²) in [6, 6.07) is 7.80. The third kappa shape index (κ3) is 2.00. The van der Waals surface area contributed by atoms with Crippen LogP contribution < -0.4 is 9.47 Å². The molecule has 1 saturated heterocycles. The van der Waals surface area contributed by atoms with Crippen LogP contribution in [0.3, 0.4) is 0 Å². The number of benzene rings is 2. The van der Waals surface area contributed by atoms with Crippen molar-refractivity contribution in [1.82, 2.24) is 0 Å². The number of epoxide rings is 1. The molecule has 0 N–H and O–H groups in total. The summed E-state index contributed by atoms with van der Waals surface area (Å²) in [5.41, 5.74) is 5.76. The summed E-state index contributed by atoms with van der Waals surface area (Å²) in [4.78, 5) is 13.2. The van der Waals surface area contributed by atoms with Gasteiger partial charge in [-0.15, -0.1) is 0 Å². The first kappa shape index (κ1) is 15.0. The molecule has 0 bridgehead atoms. The second-order valence-electron chi connectivity index (χ2n) is 7.43. The molecule has 5 rings (SSSR count). The van der Waals surface area contributed by atoms with Crippen LogP contribution in [0.15, 0.2) is 24.3 Å².